The van der Waals surface area contributed by atoms with Gasteiger partial charge >= 0.3 is 62.6 Å². The van der Waals surface area contributed by atoms with Gasteiger partial charge < -0.3 is 87.8 Å². The molecular weight excluding hydrogens is 960 g/mol. The third-order valence-corrected chi connectivity index (χ3v) is 10.3. The highest BCUT2D eigenvalue weighted by molar-refractivity contribution is 7.48. The Labute approximate surface area is 311 Å². The van der Waals surface area contributed by atoms with Crippen molar-refractivity contribution in [3.8, 4) is 0 Å². The van der Waals surface area contributed by atoms with Gasteiger partial charge in [-0.25, -0.2) is 36.5 Å². The van der Waals surface area contributed by atoms with Gasteiger partial charge in [0.2, 0.25) is 0 Å². The normalized spacial score (nSPS) is 24.6. The van der Waals surface area contributed by atoms with Crippen molar-refractivity contribution in [2.45, 2.75) is 55.8 Å². The van der Waals surface area contributed by atoms with Crippen LogP contribution in [-0.2, 0) is 82.2 Å². The summed E-state index contributed by atoms with van der Waals surface area (Å²) in [6, 6.07) is 0. The Balaban J connectivity index is 4.19. The zero-order chi connectivity index (χ0) is 44.1. The average molecular weight is 996 g/mol. The van der Waals surface area contributed by atoms with E-state index in [2.05, 4.69) is 36.2 Å². The molecular formula is C14H36O34P8. The van der Waals surface area contributed by atoms with Gasteiger partial charge in [0.05, 0.1) is 25.9 Å². The van der Waals surface area contributed by atoms with Crippen molar-refractivity contribution >= 4 is 62.6 Å². The van der Waals surface area contributed by atoms with Crippen LogP contribution in [0.2, 0.25) is 0 Å². The Morgan fingerprint density at radius 3 is 1.41 bits per heavy atom. The van der Waals surface area contributed by atoms with E-state index in [1.807, 2.05) is 0 Å². The van der Waals surface area contributed by atoms with Crippen molar-refractivity contribution in [1.82, 2.24) is 0 Å². The van der Waals surface area contributed by atoms with Crippen LogP contribution in [-0.4, -0.2) is 147 Å². The van der Waals surface area contributed by atoms with E-state index in [1.54, 1.807) is 0 Å². The minimum Gasteiger partial charge on any atom is -0.342 e. The van der Waals surface area contributed by atoms with Gasteiger partial charge in [-0.1, -0.05) is 0 Å². The van der Waals surface area contributed by atoms with Gasteiger partial charge in [-0.2, -0.15) is 0 Å². The first kappa shape index (κ1) is 54.8. The fourth-order valence-corrected chi connectivity index (χ4v) is 8.46. The lowest BCUT2D eigenvalue weighted by atomic mass is 9.99. The standard InChI is InChI=1S/C14H36O34P8/c1-7(45-53(27,28)29)11(46-54(30,31)32)9(4-40-50(18,19)20)43-10(5-41-51(21,22)23)44-14(6-42-52(24,25)26)2-8(3-39-49(15,16)17)12(47-55(33,34)35)13(14)48-56(36,37)38/h7-13H,2-6H2,1H3,(H2,15,16,17)(H2,18,19,20)(H2,21,22,23)(H2,24,25,26)(H2,27,28,29)(H2,30,31,32)(H2,33,34,35)(H2,36,37,38)/t7?,8?,9?,10?,11-,12?,13?,14?/m0/s1. The first-order valence-corrected chi connectivity index (χ1v) is 25.9. The molecule has 0 aromatic rings. The van der Waals surface area contributed by atoms with Crippen LogP contribution in [0.15, 0.2) is 0 Å². The summed E-state index contributed by atoms with van der Waals surface area (Å²) in [5, 5.41) is 0. The maximum absolute atomic E-state index is 12.1. The van der Waals surface area contributed by atoms with E-state index in [4.69, 9.17) is 9.47 Å². The maximum Gasteiger partial charge on any atom is 0.470 e. The number of hydrogen-bond donors (Lipinski definition) is 16. The smallest absolute Gasteiger partial charge is 0.342 e. The fraction of sp³-hybridized carbons (Fsp3) is 1.00. The third-order valence-electron chi connectivity index (χ3n) is 6.20. The molecule has 0 radical (unpaired) electrons. The largest absolute Gasteiger partial charge is 0.470 e. The Morgan fingerprint density at radius 2 is 1.00 bits per heavy atom. The van der Waals surface area contributed by atoms with Crippen LogP contribution in [0.4, 0.5) is 0 Å². The van der Waals surface area contributed by atoms with Gasteiger partial charge in [0.25, 0.3) is 0 Å². The van der Waals surface area contributed by atoms with E-state index in [0.29, 0.717) is 6.92 Å². The van der Waals surface area contributed by atoms with Gasteiger partial charge in [-0.05, 0) is 13.3 Å². The second-order valence-corrected chi connectivity index (χ2v) is 20.5. The monoisotopic (exact) mass is 996 g/mol. The Kier molecular flexibility index (Phi) is 19.9. The molecule has 0 bridgehead atoms. The quantitative estimate of drug-likeness (QED) is 0.0300. The Bertz CT molecular complexity index is 1670. The van der Waals surface area contributed by atoms with E-state index in [-0.39, 0.29) is 0 Å². The highest BCUT2D eigenvalue weighted by atomic mass is 31.2. The molecule has 16 N–H and O–H groups in total. The topological polar surface area (TPSA) is 553 Å². The van der Waals surface area contributed by atoms with Gasteiger partial charge in [-0.15, -0.1) is 0 Å². The summed E-state index contributed by atoms with van der Waals surface area (Å²) in [6.45, 7) is -6.40. The molecule has 7 unspecified atom stereocenters. The predicted octanol–water partition coefficient (Wildman–Crippen LogP) is -3.16. The second-order valence-electron chi connectivity index (χ2n) is 10.8. The lowest BCUT2D eigenvalue weighted by molar-refractivity contribution is -0.278. The van der Waals surface area contributed by atoms with Gasteiger partial charge in [0.15, 0.2) is 6.29 Å². The molecule has 34 nitrogen and oxygen atoms in total. The van der Waals surface area contributed by atoms with Crippen LogP contribution < -0.4 is 0 Å². The van der Waals surface area contributed by atoms with Crippen LogP contribution >= 0.6 is 62.6 Å². The molecule has 0 aliphatic heterocycles. The van der Waals surface area contributed by atoms with Gasteiger partial charge in [-0.3, -0.25) is 36.2 Å². The molecule has 1 aliphatic rings. The number of phosphoric acid groups is 8. The molecule has 56 heavy (non-hydrogen) atoms. The van der Waals surface area contributed by atoms with E-state index < -0.39 is 144 Å². The summed E-state index contributed by atoms with van der Waals surface area (Å²) in [7, 11) is -46.7. The number of phosphoric ester groups is 8. The molecule has 1 saturated carbocycles. The van der Waals surface area contributed by atoms with E-state index in [9.17, 15) is 115 Å². The third kappa shape index (κ3) is 23.7. The summed E-state index contributed by atoms with van der Waals surface area (Å²) in [5.41, 5.74) is -3.31. The van der Waals surface area contributed by atoms with Crippen molar-refractivity contribution in [2.75, 3.05) is 26.4 Å². The number of rotatable bonds is 26. The minimum atomic E-state index is -6.11. The molecule has 0 amide bonds. The zero-order valence-corrected chi connectivity index (χ0v) is 34.3. The van der Waals surface area contributed by atoms with Crippen molar-refractivity contribution in [3.05, 3.63) is 0 Å². The predicted molar refractivity (Wildman–Crippen MR) is 166 cm³/mol. The molecule has 1 aliphatic carbocycles. The number of hydrogen-bond acceptors (Lipinski definition) is 18. The second kappa shape index (κ2) is 20.3. The SMILES string of the molecule is CC(OP(=O)(O)O)[C@H](OP(=O)(O)O)C(COP(=O)(O)O)OC(COP(=O)(O)O)OC1(COP(=O)(O)O)CC(COP(=O)(O)O)C(OP(=O)(O)O)C1OP(=O)(O)O. The number of ether oxygens (including phenoxy) is 2. The van der Waals surface area contributed by atoms with Crippen molar-refractivity contribution in [1.29, 1.82) is 0 Å². The molecule has 0 spiro atoms. The van der Waals surface area contributed by atoms with Crippen molar-refractivity contribution in [3.63, 3.8) is 0 Å². The summed E-state index contributed by atoms with van der Waals surface area (Å²) in [6.07, 6.45) is -17.9. The van der Waals surface area contributed by atoms with Crippen LogP contribution in [0.3, 0.4) is 0 Å². The summed E-state index contributed by atoms with van der Waals surface area (Å²) in [4.78, 5) is 150. The van der Waals surface area contributed by atoms with E-state index in [0.717, 1.165) is 0 Å². The molecule has 42 heteroatoms. The van der Waals surface area contributed by atoms with Crippen LogP contribution in [0.1, 0.15) is 13.3 Å². The Morgan fingerprint density at radius 1 is 0.554 bits per heavy atom. The Hall–Kier alpha value is 0.800. The molecule has 0 aromatic carbocycles. The molecule has 0 heterocycles. The average Bonchev–Trinajstić information content (AvgIpc) is 3.16. The molecule has 0 aromatic heterocycles. The summed E-state index contributed by atoms with van der Waals surface area (Å²) >= 11 is 0. The van der Waals surface area contributed by atoms with Crippen LogP contribution in [0.5, 0.6) is 0 Å². The first-order valence-electron chi connectivity index (χ1n) is 13.7. The molecule has 1 fully saturated rings. The molecule has 8 atom stereocenters. The molecule has 0 saturated heterocycles. The van der Waals surface area contributed by atoms with Crippen molar-refractivity contribution in [2.24, 2.45) is 5.92 Å². The highest BCUT2D eigenvalue weighted by Crippen LogP contribution is 2.56. The molecule has 336 valence electrons. The van der Waals surface area contributed by atoms with Gasteiger partial charge in [0.1, 0.15) is 36.6 Å². The van der Waals surface area contributed by atoms with Crippen molar-refractivity contribution < 1.29 is 160 Å². The lowest BCUT2D eigenvalue weighted by Gasteiger charge is -2.40. The highest BCUT2D eigenvalue weighted by Gasteiger charge is 2.62. The van der Waals surface area contributed by atoms with E-state index in [1.165, 1.54) is 0 Å². The van der Waals surface area contributed by atoms with Gasteiger partial charge in [0, 0.05) is 5.92 Å². The summed E-state index contributed by atoms with van der Waals surface area (Å²) in [5.74, 6) is -2.12. The van der Waals surface area contributed by atoms with Crippen LogP contribution in [0.25, 0.3) is 0 Å². The molecule has 1 rings (SSSR count). The lowest BCUT2D eigenvalue weighted by Crippen LogP contribution is -2.54. The maximum atomic E-state index is 12.1. The minimum absolute atomic E-state index is 0.571. The summed E-state index contributed by atoms with van der Waals surface area (Å²) < 4.78 is 139. The zero-order valence-electron chi connectivity index (χ0n) is 27.2. The van der Waals surface area contributed by atoms with Crippen LogP contribution in [0, 0.1) is 5.92 Å². The first-order chi connectivity index (χ1) is 24.6. The van der Waals surface area contributed by atoms with E-state index >= 15 is 0 Å². The fourth-order valence-electron chi connectivity index (χ4n) is 4.65.